The van der Waals surface area contributed by atoms with Crippen LogP contribution >= 0.6 is 0 Å². The fourth-order valence-corrected chi connectivity index (χ4v) is 1.78. The molecule has 1 unspecified atom stereocenters. The number of nitrogens with zero attached hydrogens (tertiary/aromatic N) is 1. The van der Waals surface area contributed by atoms with E-state index < -0.39 is 12.0 Å². The Hall–Kier alpha value is -1.10. The minimum absolute atomic E-state index is 0.107. The Bertz CT molecular complexity index is 230. The molecule has 0 aromatic rings. The number of carbonyl (C=O) groups excluding carboxylic acids is 1. The van der Waals surface area contributed by atoms with Crippen LogP contribution in [0.4, 0.5) is 0 Å². The highest BCUT2D eigenvalue weighted by Crippen LogP contribution is 2.16. The molecule has 5 heteroatoms. The molecule has 1 aliphatic heterocycles. The standard InChI is InChI=1S/C9H16N2O3/c10-6-8(12)11-5-3-1-2-4-7(11)9(13)14/h7H,1-6,10H2,(H,13,14). The summed E-state index contributed by atoms with van der Waals surface area (Å²) in [4.78, 5) is 23.7. The fraction of sp³-hybridized carbons (Fsp3) is 0.778. The number of aliphatic carboxylic acids is 1. The number of hydrogen-bond donors (Lipinski definition) is 2. The minimum atomic E-state index is -0.922. The van der Waals surface area contributed by atoms with Crippen LogP contribution in [0, 0.1) is 0 Å². The average Bonchev–Trinajstić information content (AvgIpc) is 2.41. The SMILES string of the molecule is NCC(=O)N1CCCCCC1C(=O)O. The molecule has 1 saturated heterocycles. The van der Waals surface area contributed by atoms with E-state index in [0.29, 0.717) is 13.0 Å². The van der Waals surface area contributed by atoms with E-state index in [1.165, 1.54) is 4.90 Å². The molecule has 0 aromatic heterocycles. The lowest BCUT2D eigenvalue weighted by atomic mass is 10.1. The van der Waals surface area contributed by atoms with E-state index in [0.717, 1.165) is 19.3 Å². The first-order valence-electron chi connectivity index (χ1n) is 4.89. The van der Waals surface area contributed by atoms with Gasteiger partial charge in [-0.25, -0.2) is 4.79 Å². The highest BCUT2D eigenvalue weighted by Gasteiger charge is 2.29. The van der Waals surface area contributed by atoms with Crippen LogP contribution in [0.1, 0.15) is 25.7 Å². The maximum absolute atomic E-state index is 11.4. The number of hydrogen-bond acceptors (Lipinski definition) is 3. The molecule has 3 N–H and O–H groups in total. The van der Waals surface area contributed by atoms with Crippen LogP contribution in [0.2, 0.25) is 0 Å². The van der Waals surface area contributed by atoms with Gasteiger partial charge in [-0.3, -0.25) is 4.79 Å². The molecule has 0 saturated carbocycles. The van der Waals surface area contributed by atoms with Crippen LogP contribution in [0.15, 0.2) is 0 Å². The molecule has 0 radical (unpaired) electrons. The van der Waals surface area contributed by atoms with Crippen LogP contribution in [0.5, 0.6) is 0 Å². The van der Waals surface area contributed by atoms with Crippen LogP contribution in [0.3, 0.4) is 0 Å². The van der Waals surface area contributed by atoms with E-state index in [1.54, 1.807) is 0 Å². The van der Waals surface area contributed by atoms with Gasteiger partial charge >= 0.3 is 5.97 Å². The van der Waals surface area contributed by atoms with Gasteiger partial charge in [0.1, 0.15) is 6.04 Å². The second-order valence-electron chi connectivity index (χ2n) is 3.49. The minimum Gasteiger partial charge on any atom is -0.480 e. The van der Waals surface area contributed by atoms with Gasteiger partial charge in [0.05, 0.1) is 6.54 Å². The summed E-state index contributed by atoms with van der Waals surface area (Å²) in [5.41, 5.74) is 5.23. The van der Waals surface area contributed by atoms with Crippen molar-refractivity contribution in [3.05, 3.63) is 0 Å². The smallest absolute Gasteiger partial charge is 0.326 e. The van der Waals surface area contributed by atoms with Crippen molar-refractivity contribution >= 4 is 11.9 Å². The lowest BCUT2D eigenvalue weighted by Crippen LogP contribution is -2.47. The average molecular weight is 200 g/mol. The lowest BCUT2D eigenvalue weighted by molar-refractivity contribution is -0.149. The van der Waals surface area contributed by atoms with Crippen molar-refractivity contribution in [3.8, 4) is 0 Å². The maximum atomic E-state index is 11.4. The normalized spacial score (nSPS) is 22.9. The third kappa shape index (κ3) is 2.45. The summed E-state index contributed by atoms with van der Waals surface area (Å²) >= 11 is 0. The van der Waals surface area contributed by atoms with Gasteiger partial charge in [0.15, 0.2) is 0 Å². The molecule has 1 fully saturated rings. The van der Waals surface area contributed by atoms with Gasteiger partial charge in [-0.05, 0) is 12.8 Å². The van der Waals surface area contributed by atoms with Crippen LogP contribution in [0.25, 0.3) is 0 Å². The molecule has 0 aliphatic carbocycles. The molecule has 14 heavy (non-hydrogen) atoms. The van der Waals surface area contributed by atoms with Crippen LogP contribution < -0.4 is 5.73 Å². The molecule has 0 bridgehead atoms. The Morgan fingerprint density at radius 2 is 2.07 bits per heavy atom. The Kier molecular flexibility index (Phi) is 3.88. The molecule has 0 spiro atoms. The lowest BCUT2D eigenvalue weighted by Gasteiger charge is -2.26. The first-order chi connectivity index (χ1) is 6.66. The second-order valence-corrected chi connectivity index (χ2v) is 3.49. The van der Waals surface area contributed by atoms with E-state index >= 15 is 0 Å². The van der Waals surface area contributed by atoms with Crippen LogP contribution in [-0.2, 0) is 9.59 Å². The number of nitrogens with two attached hydrogens (primary N) is 1. The van der Waals surface area contributed by atoms with Crippen molar-refractivity contribution in [2.24, 2.45) is 5.73 Å². The quantitative estimate of drug-likeness (QED) is 0.646. The predicted molar refractivity (Wildman–Crippen MR) is 50.7 cm³/mol. The molecule has 5 nitrogen and oxygen atoms in total. The van der Waals surface area contributed by atoms with E-state index in [1.807, 2.05) is 0 Å². The number of rotatable bonds is 2. The summed E-state index contributed by atoms with van der Waals surface area (Å²) in [6.45, 7) is 0.413. The number of carbonyl (C=O) groups is 2. The van der Waals surface area contributed by atoms with Crippen molar-refractivity contribution in [1.29, 1.82) is 0 Å². The van der Waals surface area contributed by atoms with E-state index in [-0.39, 0.29) is 12.5 Å². The van der Waals surface area contributed by atoms with Gasteiger partial charge in [-0.15, -0.1) is 0 Å². The molecule has 0 aromatic carbocycles. The highest BCUT2D eigenvalue weighted by molar-refractivity contribution is 5.84. The number of likely N-dealkylation sites (tertiary alicyclic amines) is 1. The van der Waals surface area contributed by atoms with Gasteiger partial charge in [-0.1, -0.05) is 12.8 Å². The topological polar surface area (TPSA) is 83.6 Å². The fourth-order valence-electron chi connectivity index (χ4n) is 1.78. The molecule has 1 rings (SSSR count). The summed E-state index contributed by atoms with van der Waals surface area (Å²) in [7, 11) is 0. The second kappa shape index (κ2) is 4.95. The zero-order valence-corrected chi connectivity index (χ0v) is 8.11. The van der Waals surface area contributed by atoms with Crippen molar-refractivity contribution in [1.82, 2.24) is 4.90 Å². The zero-order valence-electron chi connectivity index (χ0n) is 8.11. The van der Waals surface area contributed by atoms with Crippen molar-refractivity contribution in [2.45, 2.75) is 31.7 Å². The monoisotopic (exact) mass is 200 g/mol. The predicted octanol–water partition coefficient (Wildman–Crippen LogP) is -0.199. The van der Waals surface area contributed by atoms with Gasteiger partial charge < -0.3 is 15.7 Å². The number of amides is 1. The molecule has 1 heterocycles. The van der Waals surface area contributed by atoms with Crippen molar-refractivity contribution in [3.63, 3.8) is 0 Å². The van der Waals surface area contributed by atoms with E-state index in [4.69, 9.17) is 10.8 Å². The van der Waals surface area contributed by atoms with Gasteiger partial charge in [0.2, 0.25) is 5.91 Å². The highest BCUT2D eigenvalue weighted by atomic mass is 16.4. The Morgan fingerprint density at radius 3 is 2.64 bits per heavy atom. The molecule has 1 amide bonds. The van der Waals surface area contributed by atoms with Gasteiger partial charge in [0.25, 0.3) is 0 Å². The molecule has 1 atom stereocenters. The first-order valence-corrected chi connectivity index (χ1v) is 4.89. The van der Waals surface area contributed by atoms with Crippen LogP contribution in [-0.4, -0.2) is 41.0 Å². The molecule has 80 valence electrons. The number of carboxylic acids is 1. The Morgan fingerprint density at radius 1 is 1.36 bits per heavy atom. The summed E-state index contributed by atoms with van der Waals surface area (Å²) in [6, 6.07) is -0.673. The molecular formula is C9H16N2O3. The van der Waals surface area contributed by atoms with Gasteiger partial charge in [-0.2, -0.15) is 0 Å². The third-order valence-corrected chi connectivity index (χ3v) is 2.53. The van der Waals surface area contributed by atoms with Gasteiger partial charge in [0, 0.05) is 6.54 Å². The number of carboxylic acid groups (broad SMARTS) is 1. The van der Waals surface area contributed by atoms with Crippen molar-refractivity contribution < 1.29 is 14.7 Å². The largest absolute Gasteiger partial charge is 0.480 e. The van der Waals surface area contributed by atoms with E-state index in [9.17, 15) is 9.59 Å². The summed E-state index contributed by atoms with van der Waals surface area (Å²) < 4.78 is 0. The first kappa shape index (κ1) is 11.0. The van der Waals surface area contributed by atoms with E-state index in [2.05, 4.69) is 0 Å². The maximum Gasteiger partial charge on any atom is 0.326 e. The Labute approximate surface area is 82.9 Å². The molecular weight excluding hydrogens is 184 g/mol. The summed E-state index contributed by atoms with van der Waals surface area (Å²) in [5, 5.41) is 8.94. The molecule has 1 aliphatic rings. The summed E-state index contributed by atoms with van der Waals surface area (Å²) in [5.74, 6) is -1.19. The van der Waals surface area contributed by atoms with Crippen molar-refractivity contribution in [2.75, 3.05) is 13.1 Å². The Balaban J connectivity index is 2.73. The summed E-state index contributed by atoms with van der Waals surface area (Å²) in [6.07, 6.45) is 3.26. The zero-order chi connectivity index (χ0) is 10.6. The third-order valence-electron chi connectivity index (χ3n) is 2.53.